The first kappa shape index (κ1) is 11.4. The van der Waals surface area contributed by atoms with Gasteiger partial charge in [0.25, 0.3) is 0 Å². The lowest BCUT2D eigenvalue weighted by atomic mass is 9.83. The van der Waals surface area contributed by atoms with Crippen molar-refractivity contribution in [3.63, 3.8) is 0 Å². The van der Waals surface area contributed by atoms with Gasteiger partial charge >= 0.3 is 0 Å². The molecule has 1 aromatic carbocycles. The number of hydrogen-bond acceptors (Lipinski definition) is 2. The standard InChI is InChI=1S/C13H18FNO/c14-11-4-5-13(15)10(8-11)6-9-2-1-3-12(16)7-9/h4-5,8-9,12,16H,1-3,6-7,15H2/t9-,12+/m1/s1. The zero-order valence-corrected chi connectivity index (χ0v) is 9.32. The van der Waals surface area contributed by atoms with Gasteiger partial charge in [0.2, 0.25) is 0 Å². The minimum atomic E-state index is -0.236. The van der Waals surface area contributed by atoms with Gasteiger partial charge in [-0.3, -0.25) is 0 Å². The van der Waals surface area contributed by atoms with Crippen molar-refractivity contribution in [2.75, 3.05) is 5.73 Å². The highest BCUT2D eigenvalue weighted by atomic mass is 19.1. The quantitative estimate of drug-likeness (QED) is 0.757. The fraction of sp³-hybridized carbons (Fsp3) is 0.538. The summed E-state index contributed by atoms with van der Waals surface area (Å²) in [6.07, 6.45) is 4.47. The molecule has 0 aromatic heterocycles. The van der Waals surface area contributed by atoms with Crippen molar-refractivity contribution in [3.05, 3.63) is 29.6 Å². The Balaban J connectivity index is 2.05. The van der Waals surface area contributed by atoms with Crippen LogP contribution in [0.4, 0.5) is 10.1 Å². The van der Waals surface area contributed by atoms with Crippen molar-refractivity contribution in [1.29, 1.82) is 0 Å². The number of rotatable bonds is 2. The van der Waals surface area contributed by atoms with Crippen LogP contribution in [0.1, 0.15) is 31.2 Å². The molecule has 1 aliphatic rings. The molecule has 0 amide bonds. The van der Waals surface area contributed by atoms with Crippen molar-refractivity contribution < 1.29 is 9.50 Å². The summed E-state index contributed by atoms with van der Waals surface area (Å²) < 4.78 is 13.1. The fourth-order valence-corrected chi connectivity index (χ4v) is 2.51. The number of hydrogen-bond donors (Lipinski definition) is 2. The van der Waals surface area contributed by atoms with Crippen LogP contribution in [0.5, 0.6) is 0 Å². The van der Waals surface area contributed by atoms with Crippen LogP contribution in [0.3, 0.4) is 0 Å². The zero-order valence-electron chi connectivity index (χ0n) is 9.32. The van der Waals surface area contributed by atoms with Gasteiger partial charge < -0.3 is 10.8 Å². The first-order valence-electron chi connectivity index (χ1n) is 5.87. The lowest BCUT2D eigenvalue weighted by Crippen LogP contribution is -2.21. The molecule has 0 spiro atoms. The van der Waals surface area contributed by atoms with Crippen LogP contribution in [-0.4, -0.2) is 11.2 Å². The molecule has 2 atom stereocenters. The van der Waals surface area contributed by atoms with Gasteiger partial charge in [0, 0.05) is 5.69 Å². The van der Waals surface area contributed by atoms with Crippen molar-refractivity contribution in [3.8, 4) is 0 Å². The number of benzene rings is 1. The van der Waals surface area contributed by atoms with Crippen molar-refractivity contribution in [2.24, 2.45) is 5.92 Å². The Labute approximate surface area is 95.3 Å². The van der Waals surface area contributed by atoms with Crippen LogP contribution >= 0.6 is 0 Å². The van der Waals surface area contributed by atoms with Crippen LogP contribution in [-0.2, 0) is 6.42 Å². The van der Waals surface area contributed by atoms with Crippen LogP contribution < -0.4 is 5.73 Å². The summed E-state index contributed by atoms with van der Waals surface area (Å²) in [5.41, 5.74) is 7.34. The summed E-state index contributed by atoms with van der Waals surface area (Å²) in [6, 6.07) is 4.51. The maximum atomic E-state index is 13.1. The van der Waals surface area contributed by atoms with E-state index in [2.05, 4.69) is 0 Å². The van der Waals surface area contributed by atoms with Gasteiger partial charge in [-0.05, 0) is 55.4 Å². The van der Waals surface area contributed by atoms with E-state index in [1.54, 1.807) is 6.07 Å². The van der Waals surface area contributed by atoms with Crippen molar-refractivity contribution >= 4 is 5.69 Å². The van der Waals surface area contributed by atoms with E-state index in [1.807, 2.05) is 0 Å². The Hall–Kier alpha value is -1.09. The number of anilines is 1. The van der Waals surface area contributed by atoms with E-state index in [9.17, 15) is 9.50 Å². The summed E-state index contributed by atoms with van der Waals surface area (Å²) in [5.74, 6) is 0.202. The average molecular weight is 223 g/mol. The molecular formula is C13H18FNO. The lowest BCUT2D eigenvalue weighted by molar-refractivity contribution is 0.101. The molecule has 0 radical (unpaired) electrons. The molecule has 0 saturated heterocycles. The number of aliphatic hydroxyl groups excluding tert-OH is 1. The van der Waals surface area contributed by atoms with Gasteiger partial charge in [0.1, 0.15) is 5.82 Å². The highest BCUT2D eigenvalue weighted by Gasteiger charge is 2.21. The van der Waals surface area contributed by atoms with Gasteiger partial charge in [-0.2, -0.15) is 0 Å². The molecule has 3 N–H and O–H groups in total. The molecular weight excluding hydrogens is 205 g/mol. The van der Waals surface area contributed by atoms with Crippen molar-refractivity contribution in [2.45, 2.75) is 38.2 Å². The van der Waals surface area contributed by atoms with Crippen LogP contribution in [0, 0.1) is 11.7 Å². The second-order valence-electron chi connectivity index (χ2n) is 4.73. The fourth-order valence-electron chi connectivity index (χ4n) is 2.51. The highest BCUT2D eigenvalue weighted by molar-refractivity contribution is 5.46. The van der Waals surface area contributed by atoms with Crippen molar-refractivity contribution in [1.82, 2.24) is 0 Å². The summed E-state index contributed by atoms with van der Waals surface area (Å²) in [7, 11) is 0. The van der Waals surface area contributed by atoms with Crippen LogP contribution in [0.15, 0.2) is 18.2 Å². The Morgan fingerprint density at radius 2 is 2.19 bits per heavy atom. The molecule has 0 aliphatic heterocycles. The Bertz CT molecular complexity index is 367. The van der Waals surface area contributed by atoms with E-state index in [-0.39, 0.29) is 11.9 Å². The first-order valence-corrected chi connectivity index (χ1v) is 5.87. The van der Waals surface area contributed by atoms with E-state index < -0.39 is 0 Å². The van der Waals surface area contributed by atoms with Gasteiger partial charge in [-0.25, -0.2) is 4.39 Å². The Morgan fingerprint density at radius 3 is 2.94 bits per heavy atom. The molecule has 2 nitrogen and oxygen atoms in total. The number of halogens is 1. The molecule has 0 heterocycles. The number of nitrogens with two attached hydrogens (primary N) is 1. The third-order valence-corrected chi connectivity index (χ3v) is 3.37. The molecule has 1 aliphatic carbocycles. The normalized spacial score (nSPS) is 25.6. The monoisotopic (exact) mass is 223 g/mol. The van der Waals surface area contributed by atoms with E-state index >= 15 is 0 Å². The first-order chi connectivity index (χ1) is 7.65. The minimum absolute atomic E-state index is 0.187. The largest absolute Gasteiger partial charge is 0.399 e. The van der Waals surface area contributed by atoms with Gasteiger partial charge in [0.05, 0.1) is 6.10 Å². The second kappa shape index (κ2) is 4.83. The zero-order chi connectivity index (χ0) is 11.5. The van der Waals surface area contributed by atoms with Gasteiger partial charge in [-0.15, -0.1) is 0 Å². The number of nitrogen functional groups attached to an aromatic ring is 1. The predicted octanol–water partition coefficient (Wildman–Crippen LogP) is 2.50. The molecule has 0 unspecified atom stereocenters. The maximum Gasteiger partial charge on any atom is 0.123 e. The van der Waals surface area contributed by atoms with E-state index in [1.165, 1.54) is 12.1 Å². The molecule has 2 rings (SSSR count). The van der Waals surface area contributed by atoms with Gasteiger partial charge in [-0.1, -0.05) is 6.42 Å². The SMILES string of the molecule is Nc1ccc(F)cc1C[C@H]1CCC[C@H](O)C1. The summed E-state index contributed by atoms with van der Waals surface area (Å²) in [4.78, 5) is 0. The second-order valence-corrected chi connectivity index (χ2v) is 4.73. The predicted molar refractivity (Wildman–Crippen MR) is 62.5 cm³/mol. The van der Waals surface area contributed by atoms with E-state index in [4.69, 9.17) is 5.73 Å². The van der Waals surface area contributed by atoms with E-state index in [0.717, 1.165) is 37.7 Å². The number of aliphatic hydroxyl groups is 1. The van der Waals surface area contributed by atoms with Crippen LogP contribution in [0.25, 0.3) is 0 Å². The smallest absolute Gasteiger partial charge is 0.123 e. The van der Waals surface area contributed by atoms with Gasteiger partial charge in [0.15, 0.2) is 0 Å². The lowest BCUT2D eigenvalue weighted by Gasteiger charge is -2.26. The highest BCUT2D eigenvalue weighted by Crippen LogP contribution is 2.29. The summed E-state index contributed by atoms with van der Waals surface area (Å²) in [5, 5.41) is 9.58. The molecule has 16 heavy (non-hydrogen) atoms. The molecule has 3 heteroatoms. The maximum absolute atomic E-state index is 13.1. The third-order valence-electron chi connectivity index (χ3n) is 3.37. The molecule has 0 bridgehead atoms. The van der Waals surface area contributed by atoms with Crippen LogP contribution in [0.2, 0.25) is 0 Å². The Kier molecular flexibility index (Phi) is 3.44. The molecule has 1 fully saturated rings. The molecule has 1 aromatic rings. The minimum Gasteiger partial charge on any atom is -0.399 e. The molecule has 1 saturated carbocycles. The third kappa shape index (κ3) is 2.73. The topological polar surface area (TPSA) is 46.2 Å². The molecule has 88 valence electrons. The average Bonchev–Trinajstić information content (AvgIpc) is 2.24. The Morgan fingerprint density at radius 1 is 1.38 bits per heavy atom. The summed E-state index contributed by atoms with van der Waals surface area (Å²) in [6.45, 7) is 0. The summed E-state index contributed by atoms with van der Waals surface area (Å²) >= 11 is 0. The van der Waals surface area contributed by atoms with E-state index in [0.29, 0.717) is 11.6 Å².